The molecular formula is C18H36O8. The first-order valence-corrected chi connectivity index (χ1v) is 9.32. The highest BCUT2D eigenvalue weighted by Crippen LogP contribution is 2.10. The first kappa shape index (κ1) is 27.2. The Labute approximate surface area is 155 Å². The van der Waals surface area contributed by atoms with Crippen LogP contribution in [0.25, 0.3) is 0 Å². The van der Waals surface area contributed by atoms with Gasteiger partial charge in [0.2, 0.25) is 0 Å². The topological polar surface area (TPSA) is 156 Å². The van der Waals surface area contributed by atoms with Gasteiger partial charge in [-0.15, -0.1) is 0 Å². The van der Waals surface area contributed by atoms with E-state index >= 15 is 0 Å². The molecule has 6 N–H and O–H groups in total. The highest BCUT2D eigenvalue weighted by Gasteiger charge is 2.28. The molecule has 0 rings (SSSR count). The number of Topliss-reactive ketones (excluding diaryl/α,β-unsaturated/α-hetero) is 1. The number of aliphatic carboxylic acids is 1. The minimum absolute atomic E-state index is 0.343. The van der Waals surface area contributed by atoms with Gasteiger partial charge in [0.05, 0.1) is 6.61 Å². The Morgan fingerprint density at radius 3 is 1.65 bits per heavy atom. The van der Waals surface area contributed by atoms with E-state index < -0.39 is 43.3 Å². The van der Waals surface area contributed by atoms with Crippen LogP contribution in [0.5, 0.6) is 0 Å². The second-order valence-corrected chi connectivity index (χ2v) is 6.28. The molecule has 0 spiro atoms. The van der Waals surface area contributed by atoms with Crippen LogP contribution in [0.1, 0.15) is 71.1 Å². The number of carbonyl (C=O) groups excluding carboxylic acids is 1. The van der Waals surface area contributed by atoms with E-state index in [4.69, 9.17) is 30.6 Å². The molecule has 8 nitrogen and oxygen atoms in total. The molecule has 3 atom stereocenters. The maximum absolute atomic E-state index is 10.5. The summed E-state index contributed by atoms with van der Waals surface area (Å²) in [5, 5.41) is 51.5. The van der Waals surface area contributed by atoms with E-state index in [1.54, 1.807) is 0 Å². The summed E-state index contributed by atoms with van der Waals surface area (Å²) in [5.41, 5.74) is 0. The lowest BCUT2D eigenvalue weighted by molar-refractivity contribution is -0.142. The number of carboxylic acid groups (broad SMARTS) is 1. The van der Waals surface area contributed by atoms with E-state index in [2.05, 4.69) is 6.92 Å². The third kappa shape index (κ3) is 16.4. The zero-order valence-corrected chi connectivity index (χ0v) is 15.7. The summed E-state index contributed by atoms with van der Waals surface area (Å²) < 4.78 is 0. The predicted octanol–water partition coefficient (Wildman–Crippen LogP) is 0.615. The summed E-state index contributed by atoms with van der Waals surface area (Å²) in [7, 11) is 0. The second-order valence-electron chi connectivity index (χ2n) is 6.28. The number of unbranched alkanes of at least 4 members (excludes halogenated alkanes) is 8. The molecule has 8 heteroatoms. The van der Waals surface area contributed by atoms with Crippen molar-refractivity contribution in [3.8, 4) is 0 Å². The number of hydrogen-bond acceptors (Lipinski definition) is 7. The fraction of sp³-hybridized carbons (Fsp3) is 0.889. The third-order valence-corrected chi connectivity index (χ3v) is 3.88. The molecule has 0 saturated carbocycles. The van der Waals surface area contributed by atoms with Gasteiger partial charge in [0.25, 0.3) is 0 Å². The normalized spacial score (nSPS) is 14.1. The zero-order chi connectivity index (χ0) is 20.4. The van der Waals surface area contributed by atoms with Gasteiger partial charge in [0.15, 0.2) is 5.78 Å². The molecule has 0 aliphatic heterocycles. The molecule has 0 aromatic rings. The number of rotatable bonds is 15. The molecule has 0 fully saturated rings. The van der Waals surface area contributed by atoms with Crippen molar-refractivity contribution in [2.45, 2.75) is 89.4 Å². The molecule has 0 amide bonds. The Kier molecular flexibility index (Phi) is 19.6. The highest BCUT2D eigenvalue weighted by molar-refractivity contribution is 5.84. The first-order valence-electron chi connectivity index (χ1n) is 9.32. The summed E-state index contributed by atoms with van der Waals surface area (Å²) in [6, 6.07) is 0. The Bertz CT molecular complexity index is 348. The zero-order valence-electron chi connectivity index (χ0n) is 15.7. The quantitative estimate of drug-likeness (QED) is 0.226. The molecule has 0 unspecified atom stereocenters. The largest absolute Gasteiger partial charge is 0.481 e. The van der Waals surface area contributed by atoms with E-state index in [1.165, 1.54) is 44.9 Å². The van der Waals surface area contributed by atoms with Gasteiger partial charge in [-0.05, 0) is 6.42 Å². The average Bonchev–Trinajstić information content (AvgIpc) is 2.64. The minimum Gasteiger partial charge on any atom is -0.481 e. The molecule has 0 radical (unpaired) electrons. The van der Waals surface area contributed by atoms with Gasteiger partial charge in [0, 0.05) is 6.42 Å². The summed E-state index contributed by atoms with van der Waals surface area (Å²) in [4.78, 5) is 20.7. The molecule has 0 heterocycles. The fourth-order valence-electron chi connectivity index (χ4n) is 2.19. The Hall–Kier alpha value is -1.06. The Morgan fingerprint density at radius 1 is 0.808 bits per heavy atom. The van der Waals surface area contributed by atoms with Gasteiger partial charge in [-0.25, -0.2) is 0 Å². The third-order valence-electron chi connectivity index (χ3n) is 3.88. The van der Waals surface area contributed by atoms with Crippen molar-refractivity contribution >= 4 is 11.8 Å². The van der Waals surface area contributed by atoms with Crippen molar-refractivity contribution < 1.29 is 40.2 Å². The standard InChI is InChI=1S/C12H24O2.C6H12O6/c1-2-3-4-5-6-7-8-9-10-11-12(13)14;7-1-3(9)5(11)6(12)4(10)2-8/h2-11H2,1H3,(H,13,14);3,5-9,11-12H,1-2H2/t;3-,5+,6+/m.1/s1. The van der Waals surface area contributed by atoms with Crippen molar-refractivity contribution in [3.05, 3.63) is 0 Å². The highest BCUT2D eigenvalue weighted by atomic mass is 16.4. The summed E-state index contributed by atoms with van der Waals surface area (Å²) >= 11 is 0. The molecule has 0 aliphatic rings. The van der Waals surface area contributed by atoms with Crippen LogP contribution in [0.2, 0.25) is 0 Å². The van der Waals surface area contributed by atoms with Crippen LogP contribution in [0, 0.1) is 0 Å². The van der Waals surface area contributed by atoms with Crippen LogP contribution in [0.4, 0.5) is 0 Å². The monoisotopic (exact) mass is 380 g/mol. The second kappa shape index (κ2) is 18.7. The maximum Gasteiger partial charge on any atom is 0.303 e. The molecular weight excluding hydrogens is 344 g/mol. The molecule has 0 aliphatic carbocycles. The number of carboxylic acids is 1. The van der Waals surface area contributed by atoms with Gasteiger partial charge in [-0.2, -0.15) is 0 Å². The van der Waals surface area contributed by atoms with Gasteiger partial charge < -0.3 is 30.6 Å². The van der Waals surface area contributed by atoms with Gasteiger partial charge >= 0.3 is 5.97 Å². The van der Waals surface area contributed by atoms with Crippen molar-refractivity contribution in [1.29, 1.82) is 0 Å². The summed E-state index contributed by atoms with van der Waals surface area (Å²) in [5.74, 6) is -1.66. The van der Waals surface area contributed by atoms with E-state index in [-0.39, 0.29) is 0 Å². The van der Waals surface area contributed by atoms with Gasteiger partial charge in [0.1, 0.15) is 24.9 Å². The van der Waals surface area contributed by atoms with Crippen LogP contribution in [0.15, 0.2) is 0 Å². The molecule has 26 heavy (non-hydrogen) atoms. The van der Waals surface area contributed by atoms with Crippen LogP contribution in [-0.4, -0.2) is 73.9 Å². The van der Waals surface area contributed by atoms with Gasteiger partial charge in [-0.1, -0.05) is 58.3 Å². The molecule has 156 valence electrons. The van der Waals surface area contributed by atoms with Crippen LogP contribution in [-0.2, 0) is 9.59 Å². The van der Waals surface area contributed by atoms with E-state index in [9.17, 15) is 9.59 Å². The van der Waals surface area contributed by atoms with Gasteiger partial charge in [-0.3, -0.25) is 9.59 Å². The van der Waals surface area contributed by atoms with Crippen molar-refractivity contribution in [2.75, 3.05) is 13.2 Å². The SMILES string of the molecule is CCCCCCCCCCCC(=O)O.O=C(CO)[C@H](O)[C@@H](O)[C@H](O)CO. The maximum atomic E-state index is 10.5. The summed E-state index contributed by atoms with van der Waals surface area (Å²) in [6.07, 6.45) is 6.26. The van der Waals surface area contributed by atoms with Crippen molar-refractivity contribution in [2.24, 2.45) is 0 Å². The van der Waals surface area contributed by atoms with E-state index in [0.29, 0.717) is 6.42 Å². The number of aliphatic hydroxyl groups excluding tert-OH is 5. The lowest BCUT2D eigenvalue weighted by Crippen LogP contribution is -2.44. The average molecular weight is 380 g/mol. The van der Waals surface area contributed by atoms with Crippen LogP contribution in [0.3, 0.4) is 0 Å². The summed E-state index contributed by atoms with van der Waals surface area (Å²) in [6.45, 7) is 0.541. The number of ketones is 1. The smallest absolute Gasteiger partial charge is 0.303 e. The lowest BCUT2D eigenvalue weighted by atomic mass is 10.1. The Morgan fingerprint density at radius 2 is 1.27 bits per heavy atom. The molecule has 0 aromatic carbocycles. The lowest BCUT2D eigenvalue weighted by Gasteiger charge is -2.19. The van der Waals surface area contributed by atoms with Crippen molar-refractivity contribution in [1.82, 2.24) is 0 Å². The number of aliphatic hydroxyl groups is 5. The minimum atomic E-state index is -1.86. The first-order chi connectivity index (χ1) is 12.3. The Balaban J connectivity index is 0. The van der Waals surface area contributed by atoms with E-state index in [0.717, 1.165) is 12.8 Å². The van der Waals surface area contributed by atoms with Crippen LogP contribution < -0.4 is 0 Å². The molecule has 0 bridgehead atoms. The van der Waals surface area contributed by atoms with Crippen LogP contribution >= 0.6 is 0 Å². The molecule has 0 aromatic heterocycles. The van der Waals surface area contributed by atoms with E-state index in [1.807, 2.05) is 0 Å². The molecule has 0 saturated heterocycles. The fourth-order valence-corrected chi connectivity index (χ4v) is 2.19. The number of carbonyl (C=O) groups is 2. The van der Waals surface area contributed by atoms with Crippen molar-refractivity contribution in [3.63, 3.8) is 0 Å². The number of hydrogen-bond donors (Lipinski definition) is 6. The predicted molar refractivity (Wildman–Crippen MR) is 96.7 cm³/mol.